The van der Waals surface area contributed by atoms with E-state index in [0.29, 0.717) is 5.56 Å². The summed E-state index contributed by atoms with van der Waals surface area (Å²) >= 11 is 0. The molecule has 0 bridgehead atoms. The van der Waals surface area contributed by atoms with Crippen LogP contribution in [-0.2, 0) is 10.2 Å². The van der Waals surface area contributed by atoms with Gasteiger partial charge in [-0.25, -0.2) is 0 Å². The summed E-state index contributed by atoms with van der Waals surface area (Å²) in [6.07, 6.45) is -0.400. The van der Waals surface area contributed by atoms with Crippen LogP contribution in [0.1, 0.15) is 18.4 Å². The van der Waals surface area contributed by atoms with E-state index in [4.69, 9.17) is 4.74 Å². The number of methoxy groups -OCH3 is 1. The Balaban J connectivity index is 2.48. The van der Waals surface area contributed by atoms with Gasteiger partial charge in [-0.1, -0.05) is 12.1 Å². The number of aromatic hydroxyl groups is 1. The molecule has 1 aromatic carbocycles. The third-order valence-electron chi connectivity index (χ3n) is 3.31. The number of para-hydroxylation sites is 1. The van der Waals surface area contributed by atoms with E-state index in [1.54, 1.807) is 18.2 Å². The highest BCUT2D eigenvalue weighted by molar-refractivity contribution is 5.84. The van der Waals surface area contributed by atoms with Crippen LogP contribution in [0.25, 0.3) is 0 Å². The zero-order valence-corrected chi connectivity index (χ0v) is 9.38. The van der Waals surface area contributed by atoms with Crippen LogP contribution in [0.3, 0.4) is 0 Å². The summed E-state index contributed by atoms with van der Waals surface area (Å²) in [6.45, 7) is 0. The fourth-order valence-corrected chi connectivity index (χ4v) is 2.33. The molecule has 17 heavy (non-hydrogen) atoms. The van der Waals surface area contributed by atoms with Crippen LogP contribution in [0.4, 0.5) is 0 Å². The van der Waals surface area contributed by atoms with Crippen LogP contribution in [0.15, 0.2) is 18.2 Å². The van der Waals surface area contributed by atoms with Crippen LogP contribution in [-0.4, -0.2) is 34.5 Å². The molecule has 3 N–H and O–H groups in total. The Morgan fingerprint density at radius 2 is 2.12 bits per heavy atom. The number of aliphatic carboxylic acids is 1. The van der Waals surface area contributed by atoms with Crippen molar-refractivity contribution in [3.63, 3.8) is 0 Å². The average Bonchev–Trinajstić information content (AvgIpc) is 2.25. The van der Waals surface area contributed by atoms with E-state index in [1.807, 2.05) is 0 Å². The predicted octanol–water partition coefficient (Wildman–Crippen LogP) is 0.878. The Morgan fingerprint density at radius 1 is 1.47 bits per heavy atom. The zero-order valence-electron chi connectivity index (χ0n) is 9.38. The Hall–Kier alpha value is -1.75. The third kappa shape index (κ3) is 1.63. The molecule has 92 valence electrons. The molecule has 2 rings (SSSR count). The predicted molar refractivity (Wildman–Crippen MR) is 59.2 cm³/mol. The molecule has 0 heterocycles. The first-order valence-corrected chi connectivity index (χ1v) is 5.29. The number of carboxylic acids is 1. The number of hydrogen-bond donors (Lipinski definition) is 3. The number of rotatable bonds is 3. The summed E-state index contributed by atoms with van der Waals surface area (Å²) in [6, 6.07) is 4.74. The Bertz CT molecular complexity index is 448. The number of phenolic OH excluding ortho intramolecular Hbond substituents is 1. The minimum atomic E-state index is -1.20. The van der Waals surface area contributed by atoms with E-state index < -0.39 is 17.5 Å². The minimum Gasteiger partial charge on any atom is -0.504 e. The summed E-state index contributed by atoms with van der Waals surface area (Å²) in [5, 5.41) is 28.6. The van der Waals surface area contributed by atoms with Crippen molar-refractivity contribution in [3.05, 3.63) is 23.8 Å². The number of ether oxygens (including phenoxy) is 1. The van der Waals surface area contributed by atoms with Crippen molar-refractivity contribution < 1.29 is 24.9 Å². The maximum atomic E-state index is 11.3. The van der Waals surface area contributed by atoms with Crippen molar-refractivity contribution in [2.45, 2.75) is 24.4 Å². The van der Waals surface area contributed by atoms with Gasteiger partial charge in [0.1, 0.15) is 5.41 Å². The van der Waals surface area contributed by atoms with Gasteiger partial charge < -0.3 is 20.1 Å². The van der Waals surface area contributed by atoms with E-state index in [1.165, 1.54) is 7.11 Å². The van der Waals surface area contributed by atoms with E-state index in [-0.39, 0.29) is 24.3 Å². The molecule has 0 atom stereocenters. The average molecular weight is 238 g/mol. The fraction of sp³-hybridized carbons (Fsp3) is 0.417. The van der Waals surface area contributed by atoms with Gasteiger partial charge in [0.15, 0.2) is 11.5 Å². The van der Waals surface area contributed by atoms with Gasteiger partial charge in [0.2, 0.25) is 0 Å². The summed E-state index contributed by atoms with van der Waals surface area (Å²) in [5.41, 5.74) is -0.896. The van der Waals surface area contributed by atoms with E-state index >= 15 is 0 Å². The first-order valence-electron chi connectivity index (χ1n) is 5.29. The van der Waals surface area contributed by atoms with Gasteiger partial charge in [-0.2, -0.15) is 0 Å². The maximum absolute atomic E-state index is 11.3. The van der Waals surface area contributed by atoms with Crippen molar-refractivity contribution in [1.82, 2.24) is 0 Å². The summed E-state index contributed by atoms with van der Waals surface area (Å²) in [4.78, 5) is 11.3. The van der Waals surface area contributed by atoms with E-state index in [9.17, 15) is 20.1 Å². The van der Waals surface area contributed by atoms with Gasteiger partial charge in [0, 0.05) is 5.56 Å². The first kappa shape index (κ1) is 11.7. The number of aliphatic hydroxyl groups is 1. The monoisotopic (exact) mass is 238 g/mol. The van der Waals surface area contributed by atoms with Crippen LogP contribution in [0, 0.1) is 0 Å². The smallest absolute Gasteiger partial charge is 0.314 e. The second-order valence-corrected chi connectivity index (χ2v) is 4.31. The molecule has 5 heteroatoms. The Morgan fingerprint density at radius 3 is 2.59 bits per heavy atom. The number of hydrogen-bond acceptors (Lipinski definition) is 4. The SMILES string of the molecule is COc1cccc(C2(C(=O)O)CC(O)C2)c1O. The number of aliphatic hydroxyl groups excluding tert-OH is 1. The molecular weight excluding hydrogens is 224 g/mol. The molecule has 0 aliphatic heterocycles. The lowest BCUT2D eigenvalue weighted by molar-refractivity contribution is -0.153. The molecule has 1 fully saturated rings. The fourth-order valence-electron chi connectivity index (χ4n) is 2.33. The number of carboxylic acid groups (broad SMARTS) is 1. The van der Waals surface area contributed by atoms with Crippen LogP contribution in [0.2, 0.25) is 0 Å². The highest BCUT2D eigenvalue weighted by Crippen LogP contribution is 2.49. The van der Waals surface area contributed by atoms with Gasteiger partial charge in [0.25, 0.3) is 0 Å². The van der Waals surface area contributed by atoms with Gasteiger partial charge >= 0.3 is 5.97 Å². The van der Waals surface area contributed by atoms with Crippen molar-refractivity contribution in [2.75, 3.05) is 7.11 Å². The molecule has 1 aliphatic carbocycles. The molecule has 1 aliphatic rings. The number of phenols is 1. The molecule has 1 aromatic rings. The molecule has 1 saturated carbocycles. The molecule has 0 unspecified atom stereocenters. The third-order valence-corrected chi connectivity index (χ3v) is 3.31. The van der Waals surface area contributed by atoms with Gasteiger partial charge in [-0.05, 0) is 18.9 Å². The summed E-state index contributed by atoms with van der Waals surface area (Å²) < 4.78 is 4.95. The molecule has 5 nitrogen and oxygen atoms in total. The Labute approximate surface area is 98.3 Å². The minimum absolute atomic E-state index is 0.114. The lowest BCUT2D eigenvalue weighted by Crippen LogP contribution is -2.50. The highest BCUT2D eigenvalue weighted by atomic mass is 16.5. The molecule has 0 saturated heterocycles. The Kier molecular flexibility index (Phi) is 2.71. The largest absolute Gasteiger partial charge is 0.504 e. The molecule has 0 amide bonds. The quantitative estimate of drug-likeness (QED) is 0.727. The standard InChI is InChI=1S/C12H14O5/c1-17-9-4-2-3-8(10(9)14)12(11(15)16)5-7(13)6-12/h2-4,7,13-14H,5-6H2,1H3,(H,15,16). The molecule has 0 aromatic heterocycles. The van der Waals surface area contributed by atoms with Gasteiger partial charge in [0.05, 0.1) is 13.2 Å². The van der Waals surface area contributed by atoms with Crippen LogP contribution in [0.5, 0.6) is 11.5 Å². The van der Waals surface area contributed by atoms with Crippen molar-refractivity contribution in [3.8, 4) is 11.5 Å². The highest BCUT2D eigenvalue weighted by Gasteiger charge is 2.52. The number of benzene rings is 1. The molecular formula is C12H14O5. The lowest BCUT2D eigenvalue weighted by Gasteiger charge is -2.42. The summed E-state index contributed by atoms with van der Waals surface area (Å²) in [7, 11) is 1.40. The molecule has 0 spiro atoms. The van der Waals surface area contributed by atoms with Gasteiger partial charge in [-0.15, -0.1) is 0 Å². The second kappa shape index (κ2) is 3.92. The van der Waals surface area contributed by atoms with Crippen molar-refractivity contribution >= 4 is 5.97 Å². The number of carbonyl (C=O) groups is 1. The van der Waals surface area contributed by atoms with Crippen LogP contribution >= 0.6 is 0 Å². The van der Waals surface area contributed by atoms with E-state index in [2.05, 4.69) is 0 Å². The lowest BCUT2D eigenvalue weighted by atomic mass is 9.62. The zero-order chi connectivity index (χ0) is 12.6. The van der Waals surface area contributed by atoms with E-state index in [0.717, 1.165) is 0 Å². The van der Waals surface area contributed by atoms with Crippen molar-refractivity contribution in [2.24, 2.45) is 0 Å². The van der Waals surface area contributed by atoms with Crippen molar-refractivity contribution in [1.29, 1.82) is 0 Å². The topological polar surface area (TPSA) is 87.0 Å². The van der Waals surface area contributed by atoms with Gasteiger partial charge in [-0.3, -0.25) is 4.79 Å². The normalized spacial score (nSPS) is 27.3. The maximum Gasteiger partial charge on any atom is 0.314 e. The molecule has 0 radical (unpaired) electrons. The van der Waals surface area contributed by atoms with Crippen LogP contribution < -0.4 is 4.74 Å². The first-order chi connectivity index (χ1) is 8.01. The second-order valence-electron chi connectivity index (χ2n) is 4.31. The summed E-state index contributed by atoms with van der Waals surface area (Å²) in [5.74, 6) is -0.958.